The number of likely N-dealkylation sites (N-methyl/N-ethyl adjacent to an activating group) is 1. The van der Waals surface area contributed by atoms with Crippen LogP contribution in [0.1, 0.15) is 38.2 Å². The van der Waals surface area contributed by atoms with Crippen LogP contribution < -0.4 is 10.7 Å². The SMILES string of the molecule is CC=C(NN1CCCCC1)[C@H](Cc1ccccc1)C[C@H](O)CNC. The van der Waals surface area contributed by atoms with E-state index in [4.69, 9.17) is 0 Å². The summed E-state index contributed by atoms with van der Waals surface area (Å²) in [5.41, 5.74) is 6.19. The molecule has 1 aliphatic rings. The van der Waals surface area contributed by atoms with Crippen LogP contribution in [0.4, 0.5) is 0 Å². The van der Waals surface area contributed by atoms with Crippen LogP contribution in [-0.2, 0) is 6.42 Å². The monoisotopic (exact) mass is 331 g/mol. The zero-order valence-corrected chi connectivity index (χ0v) is 15.2. The van der Waals surface area contributed by atoms with E-state index < -0.39 is 0 Å². The molecule has 2 atom stereocenters. The van der Waals surface area contributed by atoms with Gasteiger partial charge in [-0.15, -0.1) is 0 Å². The van der Waals surface area contributed by atoms with Gasteiger partial charge in [-0.25, -0.2) is 5.01 Å². The summed E-state index contributed by atoms with van der Waals surface area (Å²) in [7, 11) is 1.89. The third-order valence-electron chi connectivity index (χ3n) is 4.72. The Balaban J connectivity index is 2.05. The molecule has 1 aromatic carbocycles. The Labute approximate surface area is 146 Å². The molecular weight excluding hydrogens is 298 g/mol. The number of hydrogen-bond acceptors (Lipinski definition) is 4. The number of nitrogens with one attached hydrogen (secondary N) is 2. The topological polar surface area (TPSA) is 47.5 Å². The van der Waals surface area contributed by atoms with E-state index in [0.29, 0.717) is 12.5 Å². The van der Waals surface area contributed by atoms with Crippen molar-refractivity contribution in [1.29, 1.82) is 0 Å². The molecule has 24 heavy (non-hydrogen) atoms. The van der Waals surface area contributed by atoms with Crippen molar-refractivity contribution < 1.29 is 5.11 Å². The van der Waals surface area contributed by atoms with Gasteiger partial charge < -0.3 is 15.8 Å². The van der Waals surface area contributed by atoms with Gasteiger partial charge in [-0.3, -0.25) is 0 Å². The lowest BCUT2D eigenvalue weighted by atomic mass is 9.90. The highest BCUT2D eigenvalue weighted by atomic mass is 16.3. The second-order valence-electron chi connectivity index (χ2n) is 6.74. The van der Waals surface area contributed by atoms with Gasteiger partial charge in [0.15, 0.2) is 0 Å². The van der Waals surface area contributed by atoms with Crippen molar-refractivity contribution in [3.63, 3.8) is 0 Å². The highest BCUT2D eigenvalue weighted by molar-refractivity contribution is 5.18. The minimum absolute atomic E-state index is 0.294. The Hall–Kier alpha value is -1.36. The molecule has 1 heterocycles. The maximum Gasteiger partial charge on any atom is 0.0671 e. The summed E-state index contributed by atoms with van der Waals surface area (Å²) in [6, 6.07) is 10.6. The third kappa shape index (κ3) is 6.27. The van der Waals surface area contributed by atoms with Gasteiger partial charge in [0.2, 0.25) is 0 Å². The molecule has 3 N–H and O–H groups in total. The molecule has 0 aliphatic carbocycles. The normalized spacial score (nSPS) is 19.0. The molecule has 0 aromatic heterocycles. The molecule has 1 saturated heterocycles. The molecule has 0 saturated carbocycles. The van der Waals surface area contributed by atoms with Crippen molar-refractivity contribution in [2.75, 3.05) is 26.7 Å². The van der Waals surface area contributed by atoms with E-state index in [0.717, 1.165) is 25.9 Å². The molecule has 0 spiro atoms. The Morgan fingerprint density at radius 2 is 1.92 bits per heavy atom. The smallest absolute Gasteiger partial charge is 0.0671 e. The zero-order valence-electron chi connectivity index (χ0n) is 15.2. The van der Waals surface area contributed by atoms with Gasteiger partial charge in [0, 0.05) is 31.2 Å². The van der Waals surface area contributed by atoms with Gasteiger partial charge in [-0.1, -0.05) is 42.8 Å². The van der Waals surface area contributed by atoms with Gasteiger partial charge in [-0.2, -0.15) is 0 Å². The highest BCUT2D eigenvalue weighted by Crippen LogP contribution is 2.22. The molecule has 4 nitrogen and oxygen atoms in total. The molecule has 1 fully saturated rings. The van der Waals surface area contributed by atoms with Crippen molar-refractivity contribution in [2.45, 2.75) is 45.1 Å². The molecule has 0 bridgehead atoms. The number of piperidine rings is 1. The summed E-state index contributed by atoms with van der Waals surface area (Å²) in [6.07, 6.45) is 7.40. The second kappa shape index (κ2) is 10.5. The van der Waals surface area contributed by atoms with Gasteiger partial charge in [0.25, 0.3) is 0 Å². The van der Waals surface area contributed by atoms with E-state index in [1.54, 1.807) is 0 Å². The van der Waals surface area contributed by atoms with Crippen molar-refractivity contribution in [2.24, 2.45) is 5.92 Å². The van der Waals surface area contributed by atoms with Crippen molar-refractivity contribution in [3.8, 4) is 0 Å². The molecule has 1 aliphatic heterocycles. The molecule has 0 radical (unpaired) electrons. The molecule has 1 aromatic rings. The van der Waals surface area contributed by atoms with Crippen LogP contribution in [0.5, 0.6) is 0 Å². The van der Waals surface area contributed by atoms with Gasteiger partial charge in [0.05, 0.1) is 6.10 Å². The van der Waals surface area contributed by atoms with E-state index in [-0.39, 0.29) is 6.10 Å². The van der Waals surface area contributed by atoms with Gasteiger partial charge >= 0.3 is 0 Å². The van der Waals surface area contributed by atoms with E-state index in [1.807, 2.05) is 7.05 Å². The number of hydrogen-bond donors (Lipinski definition) is 3. The first kappa shape index (κ1) is 19.0. The standard InChI is InChI=1S/C20H33N3O/c1-3-20(22-23-12-8-5-9-13-23)18(15-19(24)16-21-2)14-17-10-6-4-7-11-17/h3-4,6-7,10-11,18-19,21-22,24H,5,8-9,12-16H2,1-2H3/t18-,19+/m1/s1. The number of hydrazine groups is 1. The van der Waals surface area contributed by atoms with Crippen LogP contribution in [0.3, 0.4) is 0 Å². The van der Waals surface area contributed by atoms with E-state index in [1.165, 1.54) is 30.5 Å². The Bertz CT molecular complexity index is 483. The minimum Gasteiger partial charge on any atom is -0.392 e. The second-order valence-corrected chi connectivity index (χ2v) is 6.74. The quantitative estimate of drug-likeness (QED) is 0.651. The van der Waals surface area contributed by atoms with Gasteiger partial charge in [0.1, 0.15) is 0 Å². The largest absolute Gasteiger partial charge is 0.392 e. The average Bonchev–Trinajstić information content (AvgIpc) is 2.61. The van der Waals surface area contributed by atoms with Crippen molar-refractivity contribution in [3.05, 3.63) is 47.7 Å². The lowest BCUT2D eigenvalue weighted by Gasteiger charge is -2.33. The Morgan fingerprint density at radius 3 is 2.54 bits per heavy atom. The molecule has 134 valence electrons. The predicted molar refractivity (Wildman–Crippen MR) is 101 cm³/mol. The Morgan fingerprint density at radius 1 is 1.21 bits per heavy atom. The maximum atomic E-state index is 10.3. The summed E-state index contributed by atoms with van der Waals surface area (Å²) < 4.78 is 0. The highest BCUT2D eigenvalue weighted by Gasteiger charge is 2.21. The number of rotatable bonds is 9. The molecule has 4 heteroatoms. The summed E-state index contributed by atoms with van der Waals surface area (Å²) >= 11 is 0. The maximum absolute atomic E-state index is 10.3. The van der Waals surface area contributed by atoms with Crippen LogP contribution >= 0.6 is 0 Å². The lowest BCUT2D eigenvalue weighted by Crippen LogP contribution is -2.43. The number of allylic oxidation sites excluding steroid dienone is 2. The van der Waals surface area contributed by atoms with E-state index in [9.17, 15) is 5.11 Å². The third-order valence-corrected chi connectivity index (χ3v) is 4.72. The number of benzene rings is 1. The molecule has 2 rings (SSSR count). The molecular formula is C20H33N3O. The minimum atomic E-state index is -0.332. The van der Waals surface area contributed by atoms with Crippen molar-refractivity contribution in [1.82, 2.24) is 15.8 Å². The van der Waals surface area contributed by atoms with Crippen LogP contribution in [0, 0.1) is 5.92 Å². The molecule has 0 unspecified atom stereocenters. The van der Waals surface area contributed by atoms with Gasteiger partial charge in [-0.05, 0) is 45.2 Å². The summed E-state index contributed by atoms with van der Waals surface area (Å²) in [6.45, 7) is 4.93. The van der Waals surface area contributed by atoms with Crippen molar-refractivity contribution >= 4 is 0 Å². The lowest BCUT2D eigenvalue weighted by molar-refractivity contribution is 0.132. The van der Waals surface area contributed by atoms with E-state index in [2.05, 4.69) is 59.1 Å². The first-order valence-electron chi connectivity index (χ1n) is 9.27. The summed E-state index contributed by atoms with van der Waals surface area (Å²) in [5.74, 6) is 0.294. The summed E-state index contributed by atoms with van der Waals surface area (Å²) in [5, 5.41) is 15.7. The zero-order chi connectivity index (χ0) is 17.2. The molecule has 0 amide bonds. The first-order chi connectivity index (χ1) is 11.7. The fourth-order valence-electron chi connectivity index (χ4n) is 3.45. The number of aliphatic hydroxyl groups excluding tert-OH is 1. The van der Waals surface area contributed by atoms with E-state index >= 15 is 0 Å². The predicted octanol–water partition coefficient (Wildman–Crippen LogP) is 2.71. The fourth-order valence-corrected chi connectivity index (χ4v) is 3.45. The average molecular weight is 332 g/mol. The number of aliphatic hydroxyl groups is 1. The fraction of sp³-hybridized carbons (Fsp3) is 0.600. The first-order valence-corrected chi connectivity index (χ1v) is 9.27. The van der Waals surface area contributed by atoms with Crippen LogP contribution in [0.15, 0.2) is 42.1 Å². The van der Waals surface area contributed by atoms with Crippen LogP contribution in [0.2, 0.25) is 0 Å². The summed E-state index contributed by atoms with van der Waals surface area (Å²) in [4.78, 5) is 0. The van der Waals surface area contributed by atoms with Crippen LogP contribution in [0.25, 0.3) is 0 Å². The Kier molecular flexibility index (Phi) is 8.29. The number of nitrogens with zero attached hydrogens (tertiary/aromatic N) is 1. The van der Waals surface area contributed by atoms with Crippen LogP contribution in [-0.4, -0.2) is 42.9 Å².